The molecule has 0 aliphatic carbocycles. The zero-order valence-corrected chi connectivity index (χ0v) is 19.7. The van der Waals surface area contributed by atoms with E-state index in [-0.39, 0.29) is 18.5 Å². The molecule has 2 rings (SSSR count). The molecule has 0 saturated carbocycles. The second-order valence-corrected chi connectivity index (χ2v) is 9.87. The molecular formula is C23H34N4O5. The van der Waals surface area contributed by atoms with Gasteiger partial charge in [0.15, 0.2) is 0 Å². The van der Waals surface area contributed by atoms with Crippen molar-refractivity contribution in [2.75, 3.05) is 24.5 Å². The molecule has 0 aromatic carbocycles. The number of aliphatic carboxylic acids is 1. The molecule has 2 unspecified atom stereocenters. The molecule has 9 nitrogen and oxygen atoms in total. The molecule has 2 heterocycles. The van der Waals surface area contributed by atoms with Gasteiger partial charge in [-0.1, -0.05) is 39.0 Å². The molecule has 0 radical (unpaired) electrons. The lowest BCUT2D eigenvalue weighted by atomic mass is 9.95. The number of amides is 2. The first-order valence-electron chi connectivity index (χ1n) is 10.6. The number of carboxylic acids is 1. The van der Waals surface area contributed by atoms with Crippen molar-refractivity contribution >= 4 is 23.8 Å². The van der Waals surface area contributed by atoms with E-state index < -0.39 is 35.7 Å². The number of nitrogens with one attached hydrogen (secondary N) is 1. The molecule has 1 saturated heterocycles. The predicted octanol–water partition coefficient (Wildman–Crippen LogP) is 2.68. The highest BCUT2D eigenvalue weighted by Crippen LogP contribution is 2.20. The second kappa shape index (κ2) is 10.0. The molecule has 32 heavy (non-hydrogen) atoms. The highest BCUT2D eigenvalue weighted by Gasteiger charge is 2.39. The summed E-state index contributed by atoms with van der Waals surface area (Å²) in [6.45, 7) is 11.9. The van der Waals surface area contributed by atoms with Crippen LogP contribution in [0.3, 0.4) is 0 Å². The number of anilines is 1. The number of hydrogen-bond acceptors (Lipinski definition) is 6. The van der Waals surface area contributed by atoms with Crippen LogP contribution in [0.5, 0.6) is 0 Å². The number of piperazine rings is 1. The number of rotatable bonds is 5. The summed E-state index contributed by atoms with van der Waals surface area (Å²) in [6.07, 6.45) is 4.23. The maximum absolute atomic E-state index is 13.2. The summed E-state index contributed by atoms with van der Waals surface area (Å²) in [5.41, 5.74) is -0.975. The van der Waals surface area contributed by atoms with Crippen molar-refractivity contribution in [3.05, 3.63) is 36.5 Å². The minimum atomic E-state index is -1.22. The largest absolute Gasteiger partial charge is 0.479 e. The third kappa shape index (κ3) is 7.55. The fourth-order valence-corrected chi connectivity index (χ4v) is 3.12. The van der Waals surface area contributed by atoms with Gasteiger partial charge < -0.3 is 20.1 Å². The number of aromatic nitrogens is 1. The molecular weight excluding hydrogens is 412 g/mol. The van der Waals surface area contributed by atoms with Gasteiger partial charge in [0.05, 0.1) is 0 Å². The van der Waals surface area contributed by atoms with Crippen molar-refractivity contribution in [3.8, 4) is 0 Å². The van der Waals surface area contributed by atoms with Gasteiger partial charge in [-0.25, -0.2) is 14.6 Å². The van der Waals surface area contributed by atoms with E-state index in [1.807, 2.05) is 37.8 Å². The van der Waals surface area contributed by atoms with E-state index in [0.717, 1.165) is 0 Å². The monoisotopic (exact) mass is 446 g/mol. The molecule has 0 bridgehead atoms. The van der Waals surface area contributed by atoms with Gasteiger partial charge >= 0.3 is 12.1 Å². The molecule has 1 aliphatic rings. The first-order chi connectivity index (χ1) is 14.8. The van der Waals surface area contributed by atoms with Crippen LogP contribution in [0.25, 0.3) is 0 Å². The average molecular weight is 447 g/mol. The van der Waals surface area contributed by atoms with Gasteiger partial charge in [-0.3, -0.25) is 9.69 Å². The fraction of sp³-hybridized carbons (Fsp3) is 0.565. The van der Waals surface area contributed by atoms with Crippen LogP contribution >= 0.6 is 0 Å². The zero-order valence-electron chi connectivity index (χ0n) is 19.7. The van der Waals surface area contributed by atoms with Gasteiger partial charge in [0.2, 0.25) is 5.91 Å². The number of hydrogen-bond donors (Lipinski definition) is 2. The third-order valence-electron chi connectivity index (χ3n) is 4.64. The molecule has 176 valence electrons. The van der Waals surface area contributed by atoms with E-state index in [0.29, 0.717) is 12.4 Å². The molecule has 9 heteroatoms. The normalized spacial score (nSPS) is 18.4. The Morgan fingerprint density at radius 2 is 1.88 bits per heavy atom. The van der Waals surface area contributed by atoms with Crippen LogP contribution in [0, 0.1) is 5.41 Å². The highest BCUT2D eigenvalue weighted by atomic mass is 16.6. The third-order valence-corrected chi connectivity index (χ3v) is 4.64. The quantitative estimate of drug-likeness (QED) is 0.669. The minimum Gasteiger partial charge on any atom is -0.479 e. The Kier molecular flexibility index (Phi) is 7.87. The van der Waals surface area contributed by atoms with E-state index in [1.54, 1.807) is 39.1 Å². The second-order valence-electron chi connectivity index (χ2n) is 9.87. The van der Waals surface area contributed by atoms with Gasteiger partial charge in [-0.2, -0.15) is 0 Å². The van der Waals surface area contributed by atoms with Crippen molar-refractivity contribution < 1.29 is 24.2 Å². The van der Waals surface area contributed by atoms with Crippen LogP contribution in [0.4, 0.5) is 10.6 Å². The molecule has 1 aromatic rings. The number of pyridine rings is 1. The SMILES string of the molecule is CC(C)(C)C=CC(NC(=O)C1CN(c2ccccn2)CCN1C(=O)OC(C)(C)C)C(=O)O. The van der Waals surface area contributed by atoms with Gasteiger partial charge in [0, 0.05) is 25.8 Å². The Labute approximate surface area is 189 Å². The first-order valence-corrected chi connectivity index (χ1v) is 10.6. The van der Waals surface area contributed by atoms with Crippen LogP contribution in [0.2, 0.25) is 0 Å². The molecule has 2 amide bonds. The summed E-state index contributed by atoms with van der Waals surface area (Å²) in [6, 6.07) is 3.31. The van der Waals surface area contributed by atoms with E-state index in [1.165, 1.54) is 11.0 Å². The number of carbonyl (C=O) groups is 3. The molecule has 1 aromatic heterocycles. The summed E-state index contributed by atoms with van der Waals surface area (Å²) in [7, 11) is 0. The molecule has 2 N–H and O–H groups in total. The van der Waals surface area contributed by atoms with Crippen LogP contribution in [-0.4, -0.2) is 70.3 Å². The van der Waals surface area contributed by atoms with Crippen LogP contribution in [-0.2, 0) is 14.3 Å². The summed E-state index contributed by atoms with van der Waals surface area (Å²) >= 11 is 0. The molecule has 1 aliphatic heterocycles. The van der Waals surface area contributed by atoms with Gasteiger partial charge in [-0.05, 0) is 38.3 Å². The van der Waals surface area contributed by atoms with Gasteiger partial charge in [-0.15, -0.1) is 0 Å². The molecule has 0 spiro atoms. The standard InChI is InChI=1S/C23H34N4O5/c1-22(2,3)11-10-16(20(29)30)25-19(28)17-15-26(18-9-7-8-12-24-18)13-14-27(17)21(31)32-23(4,5)6/h7-12,16-17H,13-15H2,1-6H3,(H,25,28)(H,29,30). The Bertz CT molecular complexity index is 842. The van der Waals surface area contributed by atoms with E-state index in [4.69, 9.17) is 4.74 Å². The smallest absolute Gasteiger partial charge is 0.411 e. The van der Waals surface area contributed by atoms with Gasteiger partial charge in [0.25, 0.3) is 0 Å². The Balaban J connectivity index is 2.27. The van der Waals surface area contributed by atoms with Crippen molar-refractivity contribution in [1.29, 1.82) is 0 Å². The number of carboxylic acid groups (broad SMARTS) is 1. The average Bonchev–Trinajstić information content (AvgIpc) is 2.69. The maximum atomic E-state index is 13.2. The van der Waals surface area contributed by atoms with Crippen molar-refractivity contribution in [3.63, 3.8) is 0 Å². The van der Waals surface area contributed by atoms with Crippen LogP contribution in [0.15, 0.2) is 36.5 Å². The number of nitrogens with zero attached hydrogens (tertiary/aromatic N) is 3. The van der Waals surface area contributed by atoms with Crippen LogP contribution < -0.4 is 10.2 Å². The zero-order chi connectivity index (χ0) is 24.1. The Morgan fingerprint density at radius 1 is 1.19 bits per heavy atom. The number of carbonyl (C=O) groups excluding carboxylic acids is 2. The van der Waals surface area contributed by atoms with Crippen molar-refractivity contribution in [2.24, 2.45) is 5.41 Å². The number of ether oxygens (including phenoxy) is 1. The lowest BCUT2D eigenvalue weighted by Crippen LogP contribution is -2.62. The Morgan fingerprint density at radius 3 is 2.41 bits per heavy atom. The van der Waals surface area contributed by atoms with E-state index in [9.17, 15) is 19.5 Å². The van der Waals surface area contributed by atoms with E-state index in [2.05, 4.69) is 10.3 Å². The van der Waals surface area contributed by atoms with Crippen molar-refractivity contribution in [2.45, 2.75) is 59.2 Å². The summed E-state index contributed by atoms with van der Waals surface area (Å²) in [4.78, 5) is 45.3. The molecule has 1 fully saturated rings. The Hall–Kier alpha value is -3.10. The maximum Gasteiger partial charge on any atom is 0.411 e. The number of allylic oxidation sites excluding steroid dienone is 1. The summed E-state index contributed by atoms with van der Waals surface area (Å²) < 4.78 is 5.49. The highest BCUT2D eigenvalue weighted by molar-refractivity contribution is 5.90. The van der Waals surface area contributed by atoms with Crippen molar-refractivity contribution in [1.82, 2.24) is 15.2 Å². The van der Waals surface area contributed by atoms with Crippen LogP contribution in [0.1, 0.15) is 41.5 Å². The lowest BCUT2D eigenvalue weighted by Gasteiger charge is -2.41. The minimum absolute atomic E-state index is 0.164. The lowest BCUT2D eigenvalue weighted by molar-refractivity contribution is -0.141. The predicted molar refractivity (Wildman–Crippen MR) is 121 cm³/mol. The fourth-order valence-electron chi connectivity index (χ4n) is 3.12. The molecule has 2 atom stereocenters. The summed E-state index contributed by atoms with van der Waals surface area (Å²) in [5, 5.41) is 12.1. The topological polar surface area (TPSA) is 112 Å². The summed E-state index contributed by atoms with van der Waals surface area (Å²) in [5.74, 6) is -1.07. The van der Waals surface area contributed by atoms with E-state index >= 15 is 0 Å². The van der Waals surface area contributed by atoms with Gasteiger partial charge in [0.1, 0.15) is 23.5 Å². The first kappa shape index (κ1) is 25.2.